The number of nitrogens with one attached hydrogen (secondary N) is 1. The third-order valence-electron chi connectivity index (χ3n) is 3.60. The Morgan fingerprint density at radius 2 is 2.04 bits per heavy atom. The first kappa shape index (κ1) is 20.7. The Hall–Kier alpha value is -2.04. The van der Waals surface area contributed by atoms with Crippen LogP contribution in [0, 0.1) is 6.92 Å². The maximum atomic E-state index is 12.4. The number of halogens is 2. The molecule has 0 unspecified atom stereocenters. The van der Waals surface area contributed by atoms with Crippen LogP contribution in [0.1, 0.15) is 5.56 Å². The molecular weight excluding hydrogens is 508 g/mol. The number of hydrogen-bond donors (Lipinski definition) is 1. The standard InChI is InChI=1S/C18H16Br2N6OS/c1-3-6-26-17(14-9-21-4-5-22-14)24-25-18(26)28-10-15(27)23-16-12(19)7-11(2)8-13(16)20/h3-5,7-9H,1,6,10H2,2H3,(H,23,27). The maximum Gasteiger partial charge on any atom is 0.234 e. The van der Waals surface area contributed by atoms with E-state index in [2.05, 4.69) is 63.9 Å². The first-order valence-corrected chi connectivity index (χ1v) is 10.8. The van der Waals surface area contributed by atoms with Crippen molar-refractivity contribution in [1.82, 2.24) is 24.7 Å². The summed E-state index contributed by atoms with van der Waals surface area (Å²) in [6, 6.07) is 3.89. The highest BCUT2D eigenvalue weighted by Gasteiger charge is 2.17. The van der Waals surface area contributed by atoms with Crippen molar-refractivity contribution in [2.75, 3.05) is 11.1 Å². The number of allylic oxidation sites excluding steroid dienone is 1. The second kappa shape index (κ2) is 9.44. The van der Waals surface area contributed by atoms with Gasteiger partial charge in [0.05, 0.1) is 17.6 Å². The van der Waals surface area contributed by atoms with Crippen molar-refractivity contribution < 1.29 is 4.79 Å². The molecule has 0 aliphatic heterocycles. The van der Waals surface area contributed by atoms with E-state index in [1.165, 1.54) is 11.8 Å². The molecule has 3 aromatic rings. The number of amides is 1. The molecule has 0 fully saturated rings. The fourth-order valence-electron chi connectivity index (χ4n) is 2.42. The molecule has 0 bridgehead atoms. The Morgan fingerprint density at radius 3 is 2.68 bits per heavy atom. The number of aryl methyl sites for hydroxylation is 1. The minimum atomic E-state index is -0.149. The average Bonchev–Trinajstić information content (AvgIpc) is 3.07. The van der Waals surface area contributed by atoms with Gasteiger partial charge in [0.2, 0.25) is 5.91 Å². The Balaban J connectivity index is 1.73. The second-order valence-electron chi connectivity index (χ2n) is 5.74. The minimum absolute atomic E-state index is 0.149. The quantitative estimate of drug-likeness (QED) is 0.363. The Morgan fingerprint density at radius 1 is 1.29 bits per heavy atom. The molecule has 0 aliphatic carbocycles. The lowest BCUT2D eigenvalue weighted by atomic mass is 10.2. The van der Waals surface area contributed by atoms with E-state index in [-0.39, 0.29) is 11.7 Å². The van der Waals surface area contributed by atoms with Crippen LogP contribution in [-0.2, 0) is 11.3 Å². The summed E-state index contributed by atoms with van der Waals surface area (Å²) in [6.45, 7) is 6.26. The molecular formula is C18H16Br2N6OS. The third kappa shape index (κ3) is 4.86. The van der Waals surface area contributed by atoms with E-state index < -0.39 is 0 Å². The molecule has 0 saturated carbocycles. The van der Waals surface area contributed by atoms with Gasteiger partial charge in [-0.2, -0.15) is 0 Å². The van der Waals surface area contributed by atoms with Gasteiger partial charge in [-0.25, -0.2) is 4.98 Å². The topological polar surface area (TPSA) is 85.6 Å². The van der Waals surface area contributed by atoms with Crippen LogP contribution in [0.15, 0.2) is 57.5 Å². The molecule has 1 aromatic carbocycles. The molecule has 0 spiro atoms. The highest BCUT2D eigenvalue weighted by molar-refractivity contribution is 9.11. The second-order valence-corrected chi connectivity index (χ2v) is 8.39. The summed E-state index contributed by atoms with van der Waals surface area (Å²) in [5.74, 6) is 0.618. The van der Waals surface area contributed by atoms with Gasteiger partial charge in [0.25, 0.3) is 0 Å². The number of carbonyl (C=O) groups is 1. The lowest BCUT2D eigenvalue weighted by Gasteiger charge is -2.11. The van der Waals surface area contributed by atoms with Crippen molar-refractivity contribution in [3.05, 3.63) is 57.9 Å². The summed E-state index contributed by atoms with van der Waals surface area (Å²) in [7, 11) is 0. The molecule has 0 atom stereocenters. The Labute approximate surface area is 183 Å². The molecule has 0 aliphatic rings. The molecule has 0 radical (unpaired) electrons. The fourth-order valence-corrected chi connectivity index (χ4v) is 4.78. The van der Waals surface area contributed by atoms with Gasteiger partial charge in [-0.1, -0.05) is 17.8 Å². The fraction of sp³-hybridized carbons (Fsp3) is 0.167. The van der Waals surface area contributed by atoms with E-state index in [0.717, 1.165) is 14.5 Å². The van der Waals surface area contributed by atoms with Gasteiger partial charge in [-0.05, 0) is 56.5 Å². The van der Waals surface area contributed by atoms with Crippen LogP contribution >= 0.6 is 43.6 Å². The number of thioether (sulfide) groups is 1. The zero-order valence-corrected chi connectivity index (χ0v) is 18.9. The molecule has 2 aromatic heterocycles. The third-order valence-corrected chi connectivity index (χ3v) is 5.82. The molecule has 1 amide bonds. The molecule has 0 saturated heterocycles. The minimum Gasteiger partial charge on any atom is -0.323 e. The number of rotatable bonds is 7. The van der Waals surface area contributed by atoms with E-state index in [1.54, 1.807) is 24.7 Å². The van der Waals surface area contributed by atoms with Gasteiger partial charge in [0.15, 0.2) is 11.0 Å². The van der Waals surface area contributed by atoms with E-state index in [4.69, 9.17) is 0 Å². The van der Waals surface area contributed by atoms with E-state index in [1.807, 2.05) is 23.6 Å². The maximum absolute atomic E-state index is 12.4. The van der Waals surface area contributed by atoms with Crippen molar-refractivity contribution in [3.8, 4) is 11.5 Å². The van der Waals surface area contributed by atoms with Gasteiger partial charge in [-0.15, -0.1) is 16.8 Å². The molecule has 7 nitrogen and oxygen atoms in total. The van der Waals surface area contributed by atoms with Crippen molar-refractivity contribution >= 4 is 55.2 Å². The van der Waals surface area contributed by atoms with Crippen molar-refractivity contribution in [1.29, 1.82) is 0 Å². The average molecular weight is 524 g/mol. The zero-order chi connectivity index (χ0) is 20.1. The lowest BCUT2D eigenvalue weighted by molar-refractivity contribution is -0.113. The lowest BCUT2D eigenvalue weighted by Crippen LogP contribution is -2.15. The first-order valence-electron chi connectivity index (χ1n) is 8.18. The largest absolute Gasteiger partial charge is 0.323 e. The number of anilines is 1. The molecule has 1 N–H and O–H groups in total. The molecule has 144 valence electrons. The van der Waals surface area contributed by atoms with Gasteiger partial charge < -0.3 is 5.32 Å². The highest BCUT2D eigenvalue weighted by Crippen LogP contribution is 2.32. The van der Waals surface area contributed by atoms with E-state index in [0.29, 0.717) is 28.9 Å². The zero-order valence-electron chi connectivity index (χ0n) is 14.9. The van der Waals surface area contributed by atoms with Crippen LogP contribution in [0.4, 0.5) is 5.69 Å². The predicted octanol–water partition coefficient (Wildman–Crippen LogP) is 4.49. The summed E-state index contributed by atoms with van der Waals surface area (Å²) < 4.78 is 3.49. The highest BCUT2D eigenvalue weighted by atomic mass is 79.9. The molecule has 3 rings (SSSR count). The van der Waals surface area contributed by atoms with Crippen LogP contribution in [0.3, 0.4) is 0 Å². The molecule has 2 heterocycles. The van der Waals surface area contributed by atoms with Gasteiger partial charge in [0.1, 0.15) is 5.69 Å². The number of aromatic nitrogens is 5. The van der Waals surface area contributed by atoms with Crippen LogP contribution < -0.4 is 5.32 Å². The van der Waals surface area contributed by atoms with Crippen molar-refractivity contribution in [2.24, 2.45) is 0 Å². The summed E-state index contributed by atoms with van der Waals surface area (Å²) in [6.07, 6.45) is 6.56. The molecule has 28 heavy (non-hydrogen) atoms. The van der Waals surface area contributed by atoms with Gasteiger partial charge >= 0.3 is 0 Å². The van der Waals surface area contributed by atoms with Gasteiger partial charge in [0, 0.05) is 27.9 Å². The number of hydrogen-bond acceptors (Lipinski definition) is 6. The summed E-state index contributed by atoms with van der Waals surface area (Å²) >= 11 is 8.26. The van der Waals surface area contributed by atoms with Crippen molar-refractivity contribution in [2.45, 2.75) is 18.6 Å². The Bertz CT molecular complexity index is 986. The van der Waals surface area contributed by atoms with Crippen LogP contribution in [-0.4, -0.2) is 36.4 Å². The number of carbonyl (C=O) groups excluding carboxylic acids is 1. The van der Waals surface area contributed by atoms with Crippen LogP contribution in [0.5, 0.6) is 0 Å². The predicted molar refractivity (Wildman–Crippen MR) is 117 cm³/mol. The normalized spacial score (nSPS) is 10.7. The smallest absolute Gasteiger partial charge is 0.234 e. The van der Waals surface area contributed by atoms with Crippen molar-refractivity contribution in [3.63, 3.8) is 0 Å². The van der Waals surface area contributed by atoms with Crippen LogP contribution in [0.2, 0.25) is 0 Å². The number of benzene rings is 1. The molecule has 10 heteroatoms. The van der Waals surface area contributed by atoms with Gasteiger partial charge in [-0.3, -0.25) is 14.3 Å². The number of nitrogens with zero attached hydrogens (tertiary/aromatic N) is 5. The summed E-state index contributed by atoms with van der Waals surface area (Å²) in [5, 5.41) is 11.9. The first-order chi connectivity index (χ1) is 13.5. The summed E-state index contributed by atoms with van der Waals surface area (Å²) in [5.41, 5.74) is 2.39. The Kier molecular flexibility index (Phi) is 6.97. The SMILES string of the molecule is C=CCn1c(SCC(=O)Nc2c(Br)cc(C)cc2Br)nnc1-c1cnccn1. The summed E-state index contributed by atoms with van der Waals surface area (Å²) in [4.78, 5) is 20.8. The van der Waals surface area contributed by atoms with E-state index in [9.17, 15) is 4.79 Å². The monoisotopic (exact) mass is 522 g/mol. The van der Waals surface area contributed by atoms with E-state index >= 15 is 0 Å². The van der Waals surface area contributed by atoms with Crippen LogP contribution in [0.25, 0.3) is 11.5 Å².